The van der Waals surface area contributed by atoms with Gasteiger partial charge in [-0.15, -0.1) is 0 Å². The summed E-state index contributed by atoms with van der Waals surface area (Å²) in [5, 5.41) is 14.5. The fourth-order valence-corrected chi connectivity index (χ4v) is 1.91. The molecule has 1 aromatic rings. The fourth-order valence-electron chi connectivity index (χ4n) is 1.91. The highest BCUT2D eigenvalue weighted by atomic mass is 16.3. The summed E-state index contributed by atoms with van der Waals surface area (Å²) in [5.41, 5.74) is 2.47. The third-order valence-electron chi connectivity index (χ3n) is 3.45. The van der Waals surface area contributed by atoms with Gasteiger partial charge in [0, 0.05) is 19.7 Å². The van der Waals surface area contributed by atoms with Gasteiger partial charge in [0.05, 0.1) is 0 Å². The molecule has 20 heavy (non-hydrogen) atoms. The SMILES string of the molecule is Cc1ccc(C(C)CNC(=O)NCC(C)CCO)cc1. The number of aliphatic hydroxyl groups excluding tert-OH is 1. The van der Waals surface area contributed by atoms with Crippen LogP contribution in [0.4, 0.5) is 4.79 Å². The number of urea groups is 1. The van der Waals surface area contributed by atoms with Gasteiger partial charge in [-0.2, -0.15) is 0 Å². The smallest absolute Gasteiger partial charge is 0.314 e. The molecule has 0 saturated carbocycles. The predicted molar refractivity (Wildman–Crippen MR) is 81.9 cm³/mol. The minimum atomic E-state index is -0.145. The average molecular weight is 278 g/mol. The van der Waals surface area contributed by atoms with E-state index in [1.807, 2.05) is 6.92 Å². The Morgan fingerprint density at radius 2 is 1.75 bits per heavy atom. The van der Waals surface area contributed by atoms with Crippen molar-refractivity contribution in [2.45, 2.75) is 33.1 Å². The molecule has 0 bridgehead atoms. The summed E-state index contributed by atoms with van der Waals surface area (Å²) in [6, 6.07) is 8.23. The Bertz CT molecular complexity index is 403. The Balaban J connectivity index is 2.28. The number of hydrogen-bond acceptors (Lipinski definition) is 2. The minimum absolute atomic E-state index is 0.145. The van der Waals surface area contributed by atoms with E-state index in [4.69, 9.17) is 5.11 Å². The molecule has 0 aliphatic heterocycles. The number of benzene rings is 1. The summed E-state index contributed by atoms with van der Waals surface area (Å²) in [5.74, 6) is 0.580. The van der Waals surface area contributed by atoms with Crippen LogP contribution in [0.5, 0.6) is 0 Å². The van der Waals surface area contributed by atoms with Crippen molar-refractivity contribution in [1.82, 2.24) is 10.6 Å². The Morgan fingerprint density at radius 3 is 2.35 bits per heavy atom. The van der Waals surface area contributed by atoms with E-state index in [1.54, 1.807) is 0 Å². The minimum Gasteiger partial charge on any atom is -0.396 e. The van der Waals surface area contributed by atoms with Gasteiger partial charge in [0.2, 0.25) is 0 Å². The maximum absolute atomic E-state index is 11.7. The molecule has 0 aromatic heterocycles. The van der Waals surface area contributed by atoms with Crippen LogP contribution in [0, 0.1) is 12.8 Å². The third kappa shape index (κ3) is 6.06. The lowest BCUT2D eigenvalue weighted by molar-refractivity contribution is 0.233. The molecule has 0 saturated heterocycles. The van der Waals surface area contributed by atoms with Crippen LogP contribution >= 0.6 is 0 Å². The summed E-state index contributed by atoms with van der Waals surface area (Å²) >= 11 is 0. The van der Waals surface area contributed by atoms with E-state index >= 15 is 0 Å². The first-order valence-corrected chi connectivity index (χ1v) is 7.22. The molecule has 2 amide bonds. The van der Waals surface area contributed by atoms with Crippen molar-refractivity contribution in [2.75, 3.05) is 19.7 Å². The zero-order chi connectivity index (χ0) is 15.0. The Labute approximate surface area is 121 Å². The second-order valence-corrected chi connectivity index (χ2v) is 5.52. The first-order valence-electron chi connectivity index (χ1n) is 7.22. The van der Waals surface area contributed by atoms with Gasteiger partial charge in [0.15, 0.2) is 0 Å². The third-order valence-corrected chi connectivity index (χ3v) is 3.45. The molecule has 1 aromatic carbocycles. The van der Waals surface area contributed by atoms with Crippen LogP contribution < -0.4 is 10.6 Å². The Hall–Kier alpha value is -1.55. The summed E-state index contributed by atoms with van der Waals surface area (Å²) < 4.78 is 0. The number of aliphatic hydroxyl groups is 1. The molecule has 0 aliphatic rings. The van der Waals surface area contributed by atoms with Crippen LogP contribution in [0.1, 0.15) is 37.3 Å². The molecular formula is C16H26N2O2. The lowest BCUT2D eigenvalue weighted by Gasteiger charge is -2.15. The number of nitrogens with one attached hydrogen (secondary N) is 2. The van der Waals surface area contributed by atoms with E-state index in [-0.39, 0.29) is 18.6 Å². The molecule has 4 nitrogen and oxygen atoms in total. The molecular weight excluding hydrogens is 252 g/mol. The number of hydrogen-bond donors (Lipinski definition) is 3. The van der Waals surface area contributed by atoms with Gasteiger partial charge in [-0.3, -0.25) is 0 Å². The van der Waals surface area contributed by atoms with E-state index in [1.165, 1.54) is 11.1 Å². The maximum Gasteiger partial charge on any atom is 0.314 e. The van der Waals surface area contributed by atoms with E-state index in [0.29, 0.717) is 25.4 Å². The van der Waals surface area contributed by atoms with Gasteiger partial charge in [0.1, 0.15) is 0 Å². The van der Waals surface area contributed by atoms with Crippen LogP contribution in [0.2, 0.25) is 0 Å². The van der Waals surface area contributed by atoms with Gasteiger partial charge in [0.25, 0.3) is 0 Å². The van der Waals surface area contributed by atoms with Crippen molar-refractivity contribution in [3.63, 3.8) is 0 Å². The van der Waals surface area contributed by atoms with Crippen LogP contribution in [0.3, 0.4) is 0 Å². The van der Waals surface area contributed by atoms with Gasteiger partial charge >= 0.3 is 6.03 Å². The number of aryl methyl sites for hydroxylation is 1. The Kier molecular flexibility index (Phi) is 7.09. The van der Waals surface area contributed by atoms with E-state index < -0.39 is 0 Å². The predicted octanol–water partition coefficient (Wildman–Crippen LogP) is 2.42. The van der Waals surface area contributed by atoms with Crippen molar-refractivity contribution in [1.29, 1.82) is 0 Å². The van der Waals surface area contributed by atoms with Crippen molar-refractivity contribution in [2.24, 2.45) is 5.92 Å². The molecule has 3 N–H and O–H groups in total. The van der Waals surface area contributed by atoms with Crippen molar-refractivity contribution in [3.05, 3.63) is 35.4 Å². The second-order valence-electron chi connectivity index (χ2n) is 5.52. The van der Waals surface area contributed by atoms with Crippen molar-refractivity contribution >= 4 is 6.03 Å². The van der Waals surface area contributed by atoms with Gasteiger partial charge in [-0.05, 0) is 30.7 Å². The lowest BCUT2D eigenvalue weighted by Crippen LogP contribution is -2.39. The van der Waals surface area contributed by atoms with Gasteiger partial charge in [-0.1, -0.05) is 43.7 Å². The highest BCUT2D eigenvalue weighted by Gasteiger charge is 2.08. The normalized spacial score (nSPS) is 13.6. The number of carbonyl (C=O) groups excluding carboxylic acids is 1. The highest BCUT2D eigenvalue weighted by molar-refractivity contribution is 5.73. The van der Waals surface area contributed by atoms with E-state index in [0.717, 1.165) is 0 Å². The number of amides is 2. The molecule has 112 valence electrons. The van der Waals surface area contributed by atoms with Crippen LogP contribution in [-0.4, -0.2) is 30.8 Å². The first kappa shape index (κ1) is 16.5. The summed E-state index contributed by atoms with van der Waals surface area (Å²) in [6.45, 7) is 7.53. The van der Waals surface area contributed by atoms with Crippen LogP contribution in [0.25, 0.3) is 0 Å². The molecule has 1 rings (SSSR count). The van der Waals surface area contributed by atoms with Crippen LogP contribution in [0.15, 0.2) is 24.3 Å². The van der Waals surface area contributed by atoms with Crippen molar-refractivity contribution in [3.8, 4) is 0 Å². The van der Waals surface area contributed by atoms with E-state index in [9.17, 15) is 4.79 Å². The summed E-state index contributed by atoms with van der Waals surface area (Å²) in [7, 11) is 0. The standard InChI is InChI=1S/C16H26N2O2/c1-12-4-6-15(7-5-12)14(3)11-18-16(20)17-10-13(2)8-9-19/h4-7,13-14,19H,8-11H2,1-3H3,(H2,17,18,20). The molecule has 0 fully saturated rings. The molecule has 0 heterocycles. The molecule has 4 heteroatoms. The van der Waals surface area contributed by atoms with Gasteiger partial charge in [-0.25, -0.2) is 4.79 Å². The summed E-state index contributed by atoms with van der Waals surface area (Å²) in [6.07, 6.45) is 0.708. The number of carbonyl (C=O) groups is 1. The quantitative estimate of drug-likeness (QED) is 0.717. The monoisotopic (exact) mass is 278 g/mol. The molecule has 0 aliphatic carbocycles. The van der Waals surface area contributed by atoms with E-state index in [2.05, 4.69) is 48.7 Å². The Morgan fingerprint density at radius 1 is 1.15 bits per heavy atom. The second kappa shape index (κ2) is 8.59. The molecule has 0 radical (unpaired) electrons. The average Bonchev–Trinajstić information content (AvgIpc) is 2.43. The zero-order valence-electron chi connectivity index (χ0n) is 12.6. The molecule has 0 spiro atoms. The maximum atomic E-state index is 11.7. The first-order chi connectivity index (χ1) is 9.52. The largest absolute Gasteiger partial charge is 0.396 e. The topological polar surface area (TPSA) is 61.4 Å². The highest BCUT2D eigenvalue weighted by Crippen LogP contribution is 2.14. The number of rotatable bonds is 7. The summed E-state index contributed by atoms with van der Waals surface area (Å²) in [4.78, 5) is 11.7. The van der Waals surface area contributed by atoms with Crippen LogP contribution in [-0.2, 0) is 0 Å². The molecule has 2 atom stereocenters. The fraction of sp³-hybridized carbons (Fsp3) is 0.562. The molecule has 2 unspecified atom stereocenters. The van der Waals surface area contributed by atoms with Crippen molar-refractivity contribution < 1.29 is 9.90 Å². The van der Waals surface area contributed by atoms with Gasteiger partial charge < -0.3 is 15.7 Å². The zero-order valence-corrected chi connectivity index (χ0v) is 12.6. The lowest BCUT2D eigenvalue weighted by atomic mass is 10.0.